The number of nitrogens with zero attached hydrogens (tertiary/aromatic N) is 3. The van der Waals surface area contributed by atoms with Gasteiger partial charge in [0.15, 0.2) is 0 Å². The van der Waals surface area contributed by atoms with Gasteiger partial charge in [0.1, 0.15) is 0 Å². The van der Waals surface area contributed by atoms with Crippen LogP contribution in [0.3, 0.4) is 0 Å². The first kappa shape index (κ1) is 10.2. The highest BCUT2D eigenvalue weighted by Crippen LogP contribution is 2.25. The van der Waals surface area contributed by atoms with Gasteiger partial charge in [-0.1, -0.05) is 6.92 Å². The average Bonchev–Trinajstić information content (AvgIpc) is 2.24. The van der Waals surface area contributed by atoms with Crippen molar-refractivity contribution in [2.45, 2.75) is 32.7 Å². The van der Waals surface area contributed by atoms with E-state index >= 15 is 0 Å². The molecule has 0 saturated carbocycles. The molecule has 1 aromatic heterocycles. The van der Waals surface area contributed by atoms with E-state index in [0.29, 0.717) is 17.6 Å². The lowest BCUT2D eigenvalue weighted by Gasteiger charge is -2.37. The summed E-state index contributed by atoms with van der Waals surface area (Å²) in [6.07, 6.45) is 5.87. The Morgan fingerprint density at radius 2 is 2.00 bits per heavy atom. The van der Waals surface area contributed by atoms with Crippen LogP contribution in [0.2, 0.25) is 0 Å². The zero-order chi connectivity index (χ0) is 10.8. The SMILES string of the molecule is CC1CCCN(c2ncc(N)cn2)C1C. The van der Waals surface area contributed by atoms with Gasteiger partial charge >= 0.3 is 0 Å². The second kappa shape index (κ2) is 4.04. The first-order chi connectivity index (χ1) is 7.18. The number of rotatable bonds is 1. The van der Waals surface area contributed by atoms with E-state index in [9.17, 15) is 0 Å². The molecule has 2 N–H and O–H groups in total. The third kappa shape index (κ3) is 2.03. The Bertz CT molecular complexity index is 322. The van der Waals surface area contributed by atoms with Crippen molar-refractivity contribution in [3.63, 3.8) is 0 Å². The van der Waals surface area contributed by atoms with E-state index in [-0.39, 0.29) is 0 Å². The van der Waals surface area contributed by atoms with Gasteiger partial charge in [-0.3, -0.25) is 0 Å². The molecule has 4 nitrogen and oxygen atoms in total. The van der Waals surface area contributed by atoms with E-state index in [1.54, 1.807) is 12.4 Å². The van der Waals surface area contributed by atoms with Crippen LogP contribution in [-0.4, -0.2) is 22.6 Å². The smallest absolute Gasteiger partial charge is 0.225 e. The molecule has 2 rings (SSSR count). The Balaban J connectivity index is 2.18. The number of piperidine rings is 1. The largest absolute Gasteiger partial charge is 0.396 e. The predicted octanol–water partition coefficient (Wildman–Crippen LogP) is 1.68. The van der Waals surface area contributed by atoms with Crippen LogP contribution in [0.15, 0.2) is 12.4 Å². The van der Waals surface area contributed by atoms with Gasteiger partial charge in [-0.15, -0.1) is 0 Å². The minimum atomic E-state index is 0.516. The first-order valence-electron chi connectivity index (χ1n) is 5.52. The van der Waals surface area contributed by atoms with Gasteiger partial charge in [0.25, 0.3) is 0 Å². The van der Waals surface area contributed by atoms with E-state index in [1.807, 2.05) is 0 Å². The zero-order valence-corrected chi connectivity index (χ0v) is 9.35. The minimum Gasteiger partial charge on any atom is -0.396 e. The number of nitrogen functional groups attached to an aromatic ring is 1. The number of nitrogens with two attached hydrogens (primary N) is 1. The van der Waals surface area contributed by atoms with Crippen LogP contribution < -0.4 is 10.6 Å². The maximum absolute atomic E-state index is 5.57. The van der Waals surface area contributed by atoms with Crippen molar-refractivity contribution in [3.05, 3.63) is 12.4 Å². The Labute approximate surface area is 90.5 Å². The van der Waals surface area contributed by atoms with Crippen LogP contribution in [-0.2, 0) is 0 Å². The topological polar surface area (TPSA) is 55.0 Å². The Hall–Kier alpha value is -1.32. The molecule has 2 heterocycles. The van der Waals surface area contributed by atoms with Crippen molar-refractivity contribution >= 4 is 11.6 Å². The molecule has 0 bridgehead atoms. The summed E-state index contributed by atoms with van der Waals surface area (Å²) in [4.78, 5) is 10.8. The van der Waals surface area contributed by atoms with Gasteiger partial charge in [-0.2, -0.15) is 0 Å². The quantitative estimate of drug-likeness (QED) is 0.759. The van der Waals surface area contributed by atoms with Gasteiger partial charge in [-0.05, 0) is 25.7 Å². The van der Waals surface area contributed by atoms with Crippen molar-refractivity contribution in [2.75, 3.05) is 17.2 Å². The highest BCUT2D eigenvalue weighted by molar-refractivity contribution is 5.39. The van der Waals surface area contributed by atoms with Gasteiger partial charge in [-0.25, -0.2) is 9.97 Å². The van der Waals surface area contributed by atoms with Crippen LogP contribution in [0.25, 0.3) is 0 Å². The second-order valence-electron chi connectivity index (χ2n) is 4.37. The lowest BCUT2D eigenvalue weighted by atomic mass is 9.92. The molecule has 1 aliphatic heterocycles. The van der Waals surface area contributed by atoms with E-state index in [1.165, 1.54) is 12.8 Å². The standard InChI is InChI=1S/C11H18N4/c1-8-4-3-5-15(9(8)2)11-13-6-10(12)7-14-11/h6-9H,3-5,12H2,1-2H3. The first-order valence-corrected chi connectivity index (χ1v) is 5.52. The fourth-order valence-electron chi connectivity index (χ4n) is 2.10. The van der Waals surface area contributed by atoms with E-state index in [2.05, 4.69) is 28.7 Å². The predicted molar refractivity (Wildman–Crippen MR) is 61.7 cm³/mol. The molecule has 0 radical (unpaired) electrons. The molecule has 0 aromatic carbocycles. The summed E-state index contributed by atoms with van der Waals surface area (Å²) < 4.78 is 0. The Morgan fingerprint density at radius 1 is 1.33 bits per heavy atom. The van der Waals surface area contributed by atoms with Crippen molar-refractivity contribution < 1.29 is 0 Å². The van der Waals surface area contributed by atoms with Crippen molar-refractivity contribution in [2.24, 2.45) is 5.92 Å². The summed E-state index contributed by atoms with van der Waals surface area (Å²) in [7, 11) is 0. The summed E-state index contributed by atoms with van der Waals surface area (Å²) in [6, 6.07) is 0.516. The molecule has 1 saturated heterocycles. The highest BCUT2D eigenvalue weighted by Gasteiger charge is 2.26. The highest BCUT2D eigenvalue weighted by atomic mass is 15.3. The van der Waals surface area contributed by atoms with Gasteiger partial charge < -0.3 is 10.6 Å². The Morgan fingerprint density at radius 3 is 2.67 bits per heavy atom. The lowest BCUT2D eigenvalue weighted by molar-refractivity contribution is 0.359. The maximum atomic E-state index is 5.57. The molecular formula is C11H18N4. The summed E-state index contributed by atoms with van der Waals surface area (Å²) in [6.45, 7) is 5.58. The van der Waals surface area contributed by atoms with E-state index < -0.39 is 0 Å². The molecule has 15 heavy (non-hydrogen) atoms. The molecule has 2 atom stereocenters. The molecule has 2 unspecified atom stereocenters. The van der Waals surface area contributed by atoms with Crippen LogP contribution in [0.4, 0.5) is 11.6 Å². The third-order valence-corrected chi connectivity index (χ3v) is 3.29. The normalized spacial score (nSPS) is 26.7. The summed E-state index contributed by atoms with van der Waals surface area (Å²) in [5.74, 6) is 1.52. The number of aromatic nitrogens is 2. The fourth-order valence-corrected chi connectivity index (χ4v) is 2.10. The van der Waals surface area contributed by atoms with Crippen molar-refractivity contribution in [1.82, 2.24) is 9.97 Å². The number of hydrogen-bond donors (Lipinski definition) is 1. The average molecular weight is 206 g/mol. The molecule has 1 aromatic rings. The molecule has 82 valence electrons. The van der Waals surface area contributed by atoms with Crippen LogP contribution in [0.1, 0.15) is 26.7 Å². The molecule has 1 fully saturated rings. The zero-order valence-electron chi connectivity index (χ0n) is 9.35. The summed E-state index contributed by atoms with van der Waals surface area (Å²) in [5, 5.41) is 0. The van der Waals surface area contributed by atoms with Gasteiger partial charge in [0.05, 0.1) is 18.1 Å². The molecule has 4 heteroatoms. The van der Waals surface area contributed by atoms with E-state index in [4.69, 9.17) is 5.73 Å². The van der Waals surface area contributed by atoms with Crippen LogP contribution in [0, 0.1) is 5.92 Å². The van der Waals surface area contributed by atoms with Crippen LogP contribution >= 0.6 is 0 Å². The minimum absolute atomic E-state index is 0.516. The molecule has 1 aliphatic rings. The fraction of sp³-hybridized carbons (Fsp3) is 0.636. The van der Waals surface area contributed by atoms with Crippen LogP contribution in [0.5, 0.6) is 0 Å². The maximum Gasteiger partial charge on any atom is 0.225 e. The summed E-state index contributed by atoms with van der Waals surface area (Å²) in [5.41, 5.74) is 6.20. The molecular weight excluding hydrogens is 188 g/mol. The van der Waals surface area contributed by atoms with Gasteiger partial charge in [0.2, 0.25) is 5.95 Å². The molecule has 0 amide bonds. The van der Waals surface area contributed by atoms with E-state index in [0.717, 1.165) is 12.5 Å². The van der Waals surface area contributed by atoms with Crippen molar-refractivity contribution in [1.29, 1.82) is 0 Å². The molecule has 0 aliphatic carbocycles. The number of anilines is 2. The second-order valence-corrected chi connectivity index (χ2v) is 4.37. The van der Waals surface area contributed by atoms with Crippen molar-refractivity contribution in [3.8, 4) is 0 Å². The van der Waals surface area contributed by atoms with Gasteiger partial charge in [0, 0.05) is 12.6 Å². The third-order valence-electron chi connectivity index (χ3n) is 3.29. The lowest BCUT2D eigenvalue weighted by Crippen LogP contribution is -2.43. The Kier molecular flexibility index (Phi) is 2.75. The summed E-state index contributed by atoms with van der Waals surface area (Å²) >= 11 is 0. The number of hydrogen-bond acceptors (Lipinski definition) is 4. The molecule has 0 spiro atoms. The monoisotopic (exact) mass is 206 g/mol.